The van der Waals surface area contributed by atoms with Crippen molar-refractivity contribution in [2.24, 2.45) is 0 Å². The molecule has 0 radical (unpaired) electrons. The second kappa shape index (κ2) is 14.7. The Morgan fingerprint density at radius 3 is 2.00 bits per heavy atom. The second-order valence-electron chi connectivity index (χ2n) is 3.93. The molecule has 1 aliphatic carbocycles. The Bertz CT molecular complexity index is 294. The van der Waals surface area contributed by atoms with Crippen molar-refractivity contribution in [3.05, 3.63) is 55.3 Å². The predicted molar refractivity (Wildman–Crippen MR) is 78.4 cm³/mol. The zero-order valence-electron chi connectivity index (χ0n) is 11.7. The van der Waals surface area contributed by atoms with E-state index < -0.39 is 0 Å². The summed E-state index contributed by atoms with van der Waals surface area (Å²) in [6.45, 7) is 11.4. The first-order chi connectivity index (χ1) is 8.29. The van der Waals surface area contributed by atoms with Crippen LogP contribution in [0.15, 0.2) is 24.3 Å². The van der Waals surface area contributed by atoms with Crippen LogP contribution in [0, 0.1) is 19.9 Å². The summed E-state index contributed by atoms with van der Waals surface area (Å²) in [5.74, 6) is 0. The smallest absolute Gasteiger partial charge is 0 e. The van der Waals surface area contributed by atoms with Gasteiger partial charge in [0, 0.05) is 21.1 Å². The average molecular weight is 424 g/mol. The zero-order valence-corrected chi connectivity index (χ0v) is 13.9. The van der Waals surface area contributed by atoms with Gasteiger partial charge in [-0.15, -0.1) is 18.1 Å². The largest absolute Gasteiger partial charge is 0.343 e. The third-order valence-corrected chi connectivity index (χ3v) is 2.31. The Morgan fingerprint density at radius 2 is 1.56 bits per heavy atom. The zero-order chi connectivity index (χ0) is 12.9. The van der Waals surface area contributed by atoms with Crippen LogP contribution < -0.4 is 0 Å². The molecule has 1 aliphatic rings. The van der Waals surface area contributed by atoms with E-state index in [0.29, 0.717) is 0 Å². The molecule has 0 N–H and O–H groups in total. The molecule has 2 rings (SSSR count). The normalized spacial score (nSPS) is 10.2. The molecule has 0 heterocycles. The van der Waals surface area contributed by atoms with Crippen LogP contribution in [-0.4, -0.2) is 0 Å². The van der Waals surface area contributed by atoms with E-state index in [-0.39, 0.29) is 21.1 Å². The van der Waals surface area contributed by atoms with Crippen molar-refractivity contribution in [1.82, 2.24) is 0 Å². The quantitative estimate of drug-likeness (QED) is 0.566. The molecule has 1 aromatic rings. The van der Waals surface area contributed by atoms with Crippen LogP contribution in [0.1, 0.15) is 50.7 Å². The van der Waals surface area contributed by atoms with E-state index in [2.05, 4.69) is 64.1 Å². The first-order valence-electron chi connectivity index (χ1n) is 6.53. The number of fused-ring (bicyclic) bond motifs is 1. The topological polar surface area (TPSA) is 0 Å². The number of unbranched alkanes of at least 4 members (excludes halogenated alkanes) is 2. The second-order valence-corrected chi connectivity index (χ2v) is 3.93. The fourth-order valence-corrected chi connectivity index (χ4v) is 1.11. The fraction of sp³-hybridized carbons (Fsp3) is 0.412. The third-order valence-electron chi connectivity index (χ3n) is 2.31. The van der Waals surface area contributed by atoms with Gasteiger partial charge in [-0.2, -0.15) is 18.4 Å². The van der Waals surface area contributed by atoms with Gasteiger partial charge >= 0.3 is 0 Å². The molecule has 0 saturated heterocycles. The predicted octanol–water partition coefficient (Wildman–Crippen LogP) is 5.30. The van der Waals surface area contributed by atoms with Gasteiger partial charge in [0.05, 0.1) is 0 Å². The molecule has 0 aliphatic heterocycles. The van der Waals surface area contributed by atoms with Crippen molar-refractivity contribution in [3.63, 3.8) is 0 Å². The summed E-state index contributed by atoms with van der Waals surface area (Å²) in [5.41, 5.74) is 2.73. The molecule has 106 valence electrons. The van der Waals surface area contributed by atoms with Gasteiger partial charge in [0.1, 0.15) is 0 Å². The summed E-state index contributed by atoms with van der Waals surface area (Å²) in [6.07, 6.45) is 10.8. The van der Waals surface area contributed by atoms with Crippen LogP contribution in [0.3, 0.4) is 0 Å². The first-order valence-corrected chi connectivity index (χ1v) is 6.53. The molecular weight excluding hydrogens is 399 g/mol. The van der Waals surface area contributed by atoms with Gasteiger partial charge in [-0.05, 0) is 0 Å². The Kier molecular flexibility index (Phi) is 16.3. The molecule has 1 aromatic carbocycles. The number of hydrogen-bond acceptors (Lipinski definition) is 0. The van der Waals surface area contributed by atoms with Crippen molar-refractivity contribution >= 4 is 6.08 Å². The summed E-state index contributed by atoms with van der Waals surface area (Å²) < 4.78 is 0. The Morgan fingerprint density at radius 1 is 1.06 bits per heavy atom. The van der Waals surface area contributed by atoms with Crippen molar-refractivity contribution in [3.8, 4) is 0 Å². The molecule has 0 fully saturated rings. The van der Waals surface area contributed by atoms with Gasteiger partial charge in [0.15, 0.2) is 0 Å². The molecule has 1 heteroatoms. The average Bonchev–Trinajstić information content (AvgIpc) is 2.87. The van der Waals surface area contributed by atoms with Crippen LogP contribution in [0.2, 0.25) is 0 Å². The van der Waals surface area contributed by atoms with E-state index in [0.717, 1.165) is 19.3 Å². The van der Waals surface area contributed by atoms with Gasteiger partial charge in [-0.1, -0.05) is 44.9 Å². The van der Waals surface area contributed by atoms with E-state index in [9.17, 15) is 0 Å². The minimum atomic E-state index is 0. The monoisotopic (exact) mass is 424 g/mol. The van der Waals surface area contributed by atoms with Gasteiger partial charge in [0.25, 0.3) is 0 Å². The van der Waals surface area contributed by atoms with Crippen LogP contribution in [0.5, 0.6) is 0 Å². The van der Waals surface area contributed by atoms with Gasteiger partial charge < -0.3 is 13.8 Å². The van der Waals surface area contributed by atoms with Gasteiger partial charge in [0.2, 0.25) is 0 Å². The maximum atomic E-state index is 3.60. The van der Waals surface area contributed by atoms with Crippen molar-refractivity contribution in [1.29, 1.82) is 0 Å². The molecule has 0 amide bonds. The first kappa shape index (κ1) is 20.0. The minimum Gasteiger partial charge on any atom is -0.343 e. The molecule has 0 unspecified atom stereocenters. The summed E-state index contributed by atoms with van der Waals surface area (Å²) in [6, 6.07) is 8.39. The molecule has 0 bridgehead atoms. The molecule has 0 nitrogen and oxygen atoms in total. The SMILES string of the molecule is [C-]1=Cc2ccccc2C1.[CH2-]CCC.[CH2-]CCC.[Pt]. The summed E-state index contributed by atoms with van der Waals surface area (Å²) in [4.78, 5) is 0. The van der Waals surface area contributed by atoms with Crippen LogP contribution in [-0.2, 0) is 27.5 Å². The molecule has 0 spiro atoms. The number of hydrogen-bond donors (Lipinski definition) is 0. The molecule has 18 heavy (non-hydrogen) atoms. The van der Waals surface area contributed by atoms with Gasteiger partial charge in [-0.25, -0.2) is 6.08 Å². The fourth-order valence-electron chi connectivity index (χ4n) is 1.11. The molecular formula is C17H25Pt-3. The van der Waals surface area contributed by atoms with Crippen molar-refractivity contribution in [2.45, 2.75) is 46.0 Å². The summed E-state index contributed by atoms with van der Waals surface area (Å²) in [7, 11) is 0. The van der Waals surface area contributed by atoms with Crippen LogP contribution in [0.25, 0.3) is 6.08 Å². The maximum absolute atomic E-state index is 3.60. The van der Waals surface area contributed by atoms with E-state index in [4.69, 9.17) is 0 Å². The Balaban J connectivity index is 0. The van der Waals surface area contributed by atoms with E-state index in [1.54, 1.807) is 0 Å². The number of rotatable bonds is 2. The molecule has 0 aromatic heterocycles. The summed E-state index contributed by atoms with van der Waals surface area (Å²) >= 11 is 0. The van der Waals surface area contributed by atoms with Crippen LogP contribution in [0.4, 0.5) is 0 Å². The number of allylic oxidation sites excluding steroid dienone is 1. The van der Waals surface area contributed by atoms with Gasteiger partial charge in [-0.3, -0.25) is 6.08 Å². The van der Waals surface area contributed by atoms with Crippen LogP contribution >= 0.6 is 0 Å². The third kappa shape index (κ3) is 9.66. The maximum Gasteiger partial charge on any atom is 0 e. The van der Waals surface area contributed by atoms with E-state index in [1.165, 1.54) is 24.0 Å². The molecule has 0 atom stereocenters. The standard InChI is InChI=1S/C9H7.2C4H9.Pt/c1-2-5-9-7-3-6-8(9)4-1;2*1-3-4-2;/h1-2,4-6H,7H2;2*1,3-4H2,2H3;/q3*-1;. The van der Waals surface area contributed by atoms with Crippen molar-refractivity contribution in [2.75, 3.05) is 0 Å². The van der Waals surface area contributed by atoms with E-state index in [1.807, 2.05) is 0 Å². The molecule has 0 saturated carbocycles. The number of benzene rings is 1. The Hall–Kier alpha value is -0.352. The Labute approximate surface area is 128 Å². The summed E-state index contributed by atoms with van der Waals surface area (Å²) in [5, 5.41) is 0. The minimum absolute atomic E-state index is 0. The van der Waals surface area contributed by atoms with E-state index >= 15 is 0 Å². The van der Waals surface area contributed by atoms with Crippen molar-refractivity contribution < 1.29 is 21.1 Å².